The third-order valence-corrected chi connectivity index (χ3v) is 6.70. The molecule has 1 aromatic carbocycles. The lowest BCUT2D eigenvalue weighted by molar-refractivity contribution is -0.116. The molecular weight excluding hydrogens is 416 g/mol. The Balaban J connectivity index is 1.43. The summed E-state index contributed by atoms with van der Waals surface area (Å²) in [4.78, 5) is 13.3. The summed E-state index contributed by atoms with van der Waals surface area (Å²) in [6.45, 7) is 1.84. The van der Waals surface area contributed by atoms with Crippen LogP contribution < -0.4 is 5.32 Å². The number of thiophene rings is 1. The van der Waals surface area contributed by atoms with Crippen LogP contribution in [0.5, 0.6) is 0 Å². The minimum atomic E-state index is -0.147. The molecule has 3 aromatic rings. The van der Waals surface area contributed by atoms with Crippen molar-refractivity contribution in [2.24, 2.45) is 0 Å². The minimum absolute atomic E-state index is 0.147. The van der Waals surface area contributed by atoms with Gasteiger partial charge in [-0.05, 0) is 35.9 Å². The Kier molecular flexibility index (Phi) is 7.34. The van der Waals surface area contributed by atoms with E-state index < -0.39 is 0 Å². The number of nitrogens with zero attached hydrogens (tertiary/aromatic N) is 3. The average molecular weight is 441 g/mol. The normalized spacial score (nSPS) is 16.3. The molecule has 1 N–H and O–H groups in total. The summed E-state index contributed by atoms with van der Waals surface area (Å²) in [5.41, 5.74) is 1.17. The molecule has 0 aliphatic carbocycles. The number of carbonyl (C=O) groups is 1. The fourth-order valence-corrected chi connectivity index (χ4v) is 4.83. The van der Waals surface area contributed by atoms with Gasteiger partial charge >= 0.3 is 0 Å². The molecule has 0 radical (unpaired) electrons. The molecule has 6 nitrogen and oxygen atoms in total. The molecule has 0 bridgehead atoms. The van der Waals surface area contributed by atoms with Crippen LogP contribution in [0.2, 0.25) is 0 Å². The van der Waals surface area contributed by atoms with E-state index in [9.17, 15) is 4.79 Å². The zero-order valence-electron chi connectivity index (χ0n) is 16.6. The SMILES string of the molecule is O=C(C=Cc1cccs1)NCc1nnc(SCC2CCCO2)n1Cc1ccccc1. The van der Waals surface area contributed by atoms with Crippen LogP contribution in [0, 0.1) is 0 Å². The summed E-state index contributed by atoms with van der Waals surface area (Å²) in [6, 6.07) is 14.2. The van der Waals surface area contributed by atoms with Crippen molar-refractivity contribution in [1.29, 1.82) is 0 Å². The predicted octanol–water partition coefficient (Wildman–Crippen LogP) is 3.99. The largest absolute Gasteiger partial charge is 0.377 e. The van der Waals surface area contributed by atoms with Crippen LogP contribution in [-0.2, 0) is 22.6 Å². The molecule has 2 aromatic heterocycles. The summed E-state index contributed by atoms with van der Waals surface area (Å²) in [6.07, 6.45) is 5.87. The van der Waals surface area contributed by atoms with Gasteiger partial charge in [-0.1, -0.05) is 48.2 Å². The number of benzene rings is 1. The smallest absolute Gasteiger partial charge is 0.244 e. The second-order valence-corrected chi connectivity index (χ2v) is 8.95. The van der Waals surface area contributed by atoms with Crippen molar-refractivity contribution >= 4 is 35.1 Å². The van der Waals surface area contributed by atoms with Gasteiger partial charge in [0.15, 0.2) is 11.0 Å². The first kappa shape index (κ1) is 20.8. The fourth-order valence-electron chi connectivity index (χ4n) is 3.19. The van der Waals surface area contributed by atoms with Gasteiger partial charge in [-0.2, -0.15) is 0 Å². The minimum Gasteiger partial charge on any atom is -0.377 e. The van der Waals surface area contributed by atoms with E-state index in [0.29, 0.717) is 13.1 Å². The predicted molar refractivity (Wildman–Crippen MR) is 120 cm³/mol. The van der Waals surface area contributed by atoms with Crippen LogP contribution in [0.25, 0.3) is 6.08 Å². The molecule has 156 valence electrons. The lowest BCUT2D eigenvalue weighted by Crippen LogP contribution is -2.23. The Morgan fingerprint density at radius 2 is 2.17 bits per heavy atom. The first-order chi connectivity index (χ1) is 14.8. The first-order valence-electron chi connectivity index (χ1n) is 9.98. The monoisotopic (exact) mass is 440 g/mol. The maximum Gasteiger partial charge on any atom is 0.244 e. The molecule has 3 heterocycles. The number of carbonyl (C=O) groups excluding carboxylic acids is 1. The fraction of sp³-hybridized carbons (Fsp3) is 0.318. The van der Waals surface area contributed by atoms with Crippen molar-refractivity contribution in [2.45, 2.75) is 37.2 Å². The van der Waals surface area contributed by atoms with Crippen molar-refractivity contribution in [3.63, 3.8) is 0 Å². The summed E-state index contributed by atoms with van der Waals surface area (Å²) >= 11 is 3.26. The van der Waals surface area contributed by atoms with E-state index in [0.717, 1.165) is 41.1 Å². The number of thioether (sulfide) groups is 1. The summed E-state index contributed by atoms with van der Waals surface area (Å²) in [5.74, 6) is 1.46. The van der Waals surface area contributed by atoms with E-state index in [2.05, 4.69) is 32.2 Å². The van der Waals surface area contributed by atoms with E-state index in [1.165, 1.54) is 5.56 Å². The van der Waals surface area contributed by atoms with Crippen molar-refractivity contribution in [2.75, 3.05) is 12.4 Å². The van der Waals surface area contributed by atoms with Crippen molar-refractivity contribution < 1.29 is 9.53 Å². The lowest BCUT2D eigenvalue weighted by Gasteiger charge is -2.12. The highest BCUT2D eigenvalue weighted by Gasteiger charge is 2.19. The number of nitrogens with one attached hydrogen (secondary N) is 1. The summed E-state index contributed by atoms with van der Waals surface area (Å²) in [7, 11) is 0. The summed E-state index contributed by atoms with van der Waals surface area (Å²) in [5, 5.41) is 14.5. The maximum atomic E-state index is 12.2. The van der Waals surface area contributed by atoms with E-state index in [4.69, 9.17) is 4.74 Å². The highest BCUT2D eigenvalue weighted by atomic mass is 32.2. The van der Waals surface area contributed by atoms with Gasteiger partial charge in [0.25, 0.3) is 0 Å². The van der Waals surface area contributed by atoms with Crippen molar-refractivity contribution in [1.82, 2.24) is 20.1 Å². The molecule has 0 saturated carbocycles. The Morgan fingerprint density at radius 1 is 1.27 bits per heavy atom. The van der Waals surface area contributed by atoms with Gasteiger partial charge in [-0.15, -0.1) is 21.5 Å². The number of hydrogen-bond donors (Lipinski definition) is 1. The zero-order valence-corrected chi connectivity index (χ0v) is 18.2. The number of hydrogen-bond acceptors (Lipinski definition) is 6. The molecule has 0 spiro atoms. The van der Waals surface area contributed by atoms with Gasteiger partial charge in [0.2, 0.25) is 5.91 Å². The van der Waals surface area contributed by atoms with Gasteiger partial charge in [0.05, 0.1) is 19.2 Å². The zero-order chi connectivity index (χ0) is 20.6. The molecule has 8 heteroatoms. The highest BCUT2D eigenvalue weighted by Crippen LogP contribution is 2.24. The van der Waals surface area contributed by atoms with Gasteiger partial charge < -0.3 is 14.6 Å². The van der Waals surface area contributed by atoms with Crippen molar-refractivity contribution in [3.05, 3.63) is 70.2 Å². The second kappa shape index (κ2) is 10.6. The van der Waals surface area contributed by atoms with E-state index in [1.54, 1.807) is 29.2 Å². The third-order valence-electron chi connectivity index (χ3n) is 4.76. The first-order valence-corrected chi connectivity index (χ1v) is 11.8. The molecule has 1 atom stereocenters. The van der Waals surface area contributed by atoms with E-state index >= 15 is 0 Å². The van der Waals surface area contributed by atoms with Crippen LogP contribution in [-0.4, -0.2) is 39.1 Å². The topological polar surface area (TPSA) is 69.0 Å². The Labute approximate surface area is 184 Å². The van der Waals surface area contributed by atoms with E-state index in [1.807, 2.05) is 41.8 Å². The molecule has 1 amide bonds. The standard InChI is InChI=1S/C22H24N4O2S2/c27-21(11-10-19-9-5-13-29-19)23-14-20-24-25-22(30-16-18-8-4-12-28-18)26(20)15-17-6-2-1-3-7-17/h1-3,5-7,9-11,13,18H,4,8,12,14-16H2,(H,23,27). The van der Waals surface area contributed by atoms with Crippen LogP contribution in [0.15, 0.2) is 59.1 Å². The average Bonchev–Trinajstić information content (AvgIpc) is 3.53. The molecule has 1 saturated heterocycles. The Bertz CT molecular complexity index is 964. The second-order valence-electron chi connectivity index (χ2n) is 6.98. The molecule has 1 unspecified atom stereocenters. The van der Waals surface area contributed by atoms with Gasteiger partial charge in [-0.3, -0.25) is 4.79 Å². The van der Waals surface area contributed by atoms with Gasteiger partial charge in [-0.25, -0.2) is 0 Å². The quantitative estimate of drug-likeness (QED) is 0.403. The molecule has 1 aliphatic heterocycles. The van der Waals surface area contributed by atoms with Gasteiger partial charge in [0, 0.05) is 23.3 Å². The van der Waals surface area contributed by atoms with Crippen LogP contribution in [0.3, 0.4) is 0 Å². The Morgan fingerprint density at radius 3 is 2.93 bits per heavy atom. The summed E-state index contributed by atoms with van der Waals surface area (Å²) < 4.78 is 7.82. The number of amides is 1. The lowest BCUT2D eigenvalue weighted by atomic mass is 10.2. The number of aromatic nitrogens is 3. The van der Waals surface area contributed by atoms with Gasteiger partial charge in [0.1, 0.15) is 0 Å². The van der Waals surface area contributed by atoms with Crippen molar-refractivity contribution in [3.8, 4) is 0 Å². The Hall–Kier alpha value is -2.42. The number of ether oxygens (including phenoxy) is 1. The molecule has 30 heavy (non-hydrogen) atoms. The molecular formula is C22H24N4O2S2. The molecule has 4 rings (SSSR count). The molecule has 1 aliphatic rings. The van der Waals surface area contributed by atoms with Crippen LogP contribution in [0.1, 0.15) is 29.1 Å². The van der Waals surface area contributed by atoms with E-state index in [-0.39, 0.29) is 12.0 Å². The number of rotatable bonds is 9. The van der Waals surface area contributed by atoms with Crippen LogP contribution >= 0.6 is 23.1 Å². The highest BCUT2D eigenvalue weighted by molar-refractivity contribution is 7.99. The molecule has 1 fully saturated rings. The van der Waals surface area contributed by atoms with Crippen LogP contribution in [0.4, 0.5) is 0 Å². The third kappa shape index (κ3) is 5.81. The maximum absolute atomic E-state index is 12.2.